The van der Waals surface area contributed by atoms with E-state index in [9.17, 15) is 9.59 Å². The highest BCUT2D eigenvalue weighted by Gasteiger charge is 2.13. The van der Waals surface area contributed by atoms with Crippen LogP contribution in [0.1, 0.15) is 26.3 Å². The number of anilines is 1. The van der Waals surface area contributed by atoms with Crippen LogP contribution in [0.2, 0.25) is 5.02 Å². The van der Waals surface area contributed by atoms with Crippen molar-refractivity contribution in [3.05, 3.63) is 61.7 Å². The van der Waals surface area contributed by atoms with Crippen molar-refractivity contribution in [2.45, 2.75) is 6.92 Å². The zero-order valence-corrected chi connectivity index (χ0v) is 13.9. The number of carboxylic acid groups (broad SMARTS) is 1. The first-order valence-corrected chi connectivity index (χ1v) is 7.45. The largest absolute Gasteiger partial charge is 0.478 e. The van der Waals surface area contributed by atoms with Gasteiger partial charge in [-0.2, -0.15) is 0 Å². The Morgan fingerprint density at radius 3 is 2.52 bits per heavy atom. The fourth-order valence-electron chi connectivity index (χ4n) is 1.79. The lowest BCUT2D eigenvalue weighted by atomic mass is 10.1. The smallest absolute Gasteiger partial charge is 0.337 e. The minimum Gasteiger partial charge on any atom is -0.478 e. The highest BCUT2D eigenvalue weighted by atomic mass is 127. The minimum atomic E-state index is -1.11. The van der Waals surface area contributed by atoms with Crippen LogP contribution in [0.5, 0.6) is 0 Å². The van der Waals surface area contributed by atoms with Crippen LogP contribution in [0.15, 0.2) is 36.4 Å². The zero-order valence-electron chi connectivity index (χ0n) is 11.0. The van der Waals surface area contributed by atoms with Crippen molar-refractivity contribution in [3.63, 3.8) is 0 Å². The third-order valence-corrected chi connectivity index (χ3v) is 4.64. The van der Waals surface area contributed by atoms with Gasteiger partial charge in [0.05, 0.1) is 16.1 Å². The summed E-state index contributed by atoms with van der Waals surface area (Å²) in [5, 5.41) is 11.7. The van der Waals surface area contributed by atoms with Crippen LogP contribution in [0, 0.1) is 10.5 Å². The third-order valence-electron chi connectivity index (χ3n) is 2.89. The van der Waals surface area contributed by atoms with Gasteiger partial charge >= 0.3 is 5.97 Å². The van der Waals surface area contributed by atoms with E-state index in [1.807, 2.05) is 19.1 Å². The lowest BCUT2D eigenvalue weighted by Gasteiger charge is -2.09. The molecule has 0 spiro atoms. The Morgan fingerprint density at radius 1 is 1.19 bits per heavy atom. The molecule has 0 saturated heterocycles. The summed E-state index contributed by atoms with van der Waals surface area (Å²) in [6, 6.07) is 9.77. The Kier molecular flexibility index (Phi) is 4.84. The fraction of sp³-hybridized carbons (Fsp3) is 0.0667. The van der Waals surface area contributed by atoms with Crippen molar-refractivity contribution in [1.29, 1.82) is 0 Å². The normalized spacial score (nSPS) is 10.2. The molecule has 21 heavy (non-hydrogen) atoms. The first kappa shape index (κ1) is 15.8. The van der Waals surface area contributed by atoms with Crippen molar-refractivity contribution in [2.75, 3.05) is 5.32 Å². The molecule has 0 aliphatic carbocycles. The number of carbonyl (C=O) groups excluding carboxylic acids is 1. The molecular weight excluding hydrogens is 405 g/mol. The number of carboxylic acids is 1. The summed E-state index contributed by atoms with van der Waals surface area (Å²) < 4.78 is 0.876. The van der Waals surface area contributed by atoms with E-state index < -0.39 is 5.97 Å². The molecule has 2 rings (SSSR count). The Morgan fingerprint density at radius 2 is 1.90 bits per heavy atom. The number of rotatable bonds is 3. The molecular formula is C15H11ClINO3. The Hall–Kier alpha value is -1.60. The topological polar surface area (TPSA) is 66.4 Å². The first-order chi connectivity index (χ1) is 9.90. The standard InChI is InChI=1S/C15H11ClINO3/c1-8-3-2-4-11(13(8)17)14(19)18-9-5-6-10(15(20)21)12(16)7-9/h2-7H,1H3,(H,18,19)(H,20,21). The van der Waals surface area contributed by atoms with E-state index in [1.165, 1.54) is 18.2 Å². The molecule has 4 nitrogen and oxygen atoms in total. The molecule has 1 amide bonds. The summed E-state index contributed by atoms with van der Waals surface area (Å²) in [6.07, 6.45) is 0. The Labute approximate surface area is 140 Å². The number of amides is 1. The van der Waals surface area contributed by atoms with E-state index in [2.05, 4.69) is 27.9 Å². The van der Waals surface area contributed by atoms with Crippen LogP contribution in [0.3, 0.4) is 0 Å². The monoisotopic (exact) mass is 415 g/mol. The van der Waals surface area contributed by atoms with Gasteiger partial charge < -0.3 is 10.4 Å². The molecule has 2 N–H and O–H groups in total. The summed E-state index contributed by atoms with van der Waals surface area (Å²) in [7, 11) is 0. The Balaban J connectivity index is 2.26. The number of aromatic carboxylic acids is 1. The van der Waals surface area contributed by atoms with Crippen molar-refractivity contribution in [2.24, 2.45) is 0 Å². The summed E-state index contributed by atoms with van der Waals surface area (Å²) in [5.74, 6) is -1.37. The van der Waals surface area contributed by atoms with Crippen LogP contribution in [0.25, 0.3) is 0 Å². The van der Waals surface area contributed by atoms with E-state index in [-0.39, 0.29) is 16.5 Å². The lowest BCUT2D eigenvalue weighted by molar-refractivity contribution is 0.0697. The van der Waals surface area contributed by atoms with E-state index in [4.69, 9.17) is 16.7 Å². The van der Waals surface area contributed by atoms with Gasteiger partial charge in [0, 0.05) is 9.26 Å². The van der Waals surface area contributed by atoms with E-state index >= 15 is 0 Å². The SMILES string of the molecule is Cc1cccc(C(=O)Nc2ccc(C(=O)O)c(Cl)c2)c1I. The second-order valence-corrected chi connectivity index (χ2v) is 5.88. The number of nitrogens with one attached hydrogen (secondary N) is 1. The van der Waals surface area contributed by atoms with Gasteiger partial charge in [-0.05, 0) is 59.3 Å². The van der Waals surface area contributed by atoms with Crippen molar-refractivity contribution < 1.29 is 14.7 Å². The van der Waals surface area contributed by atoms with Gasteiger partial charge in [-0.25, -0.2) is 4.79 Å². The van der Waals surface area contributed by atoms with Crippen LogP contribution in [0.4, 0.5) is 5.69 Å². The zero-order chi connectivity index (χ0) is 15.6. The number of halogens is 2. The van der Waals surface area contributed by atoms with Crippen LogP contribution < -0.4 is 5.32 Å². The molecule has 0 radical (unpaired) electrons. The van der Waals surface area contributed by atoms with Crippen molar-refractivity contribution in [3.8, 4) is 0 Å². The number of carbonyl (C=O) groups is 2. The molecule has 0 bridgehead atoms. The van der Waals surface area contributed by atoms with Gasteiger partial charge in [0.15, 0.2) is 0 Å². The van der Waals surface area contributed by atoms with E-state index in [0.29, 0.717) is 11.3 Å². The predicted octanol–water partition coefficient (Wildman–Crippen LogP) is 4.20. The molecule has 0 unspecified atom stereocenters. The average Bonchev–Trinajstić information content (AvgIpc) is 2.41. The number of benzene rings is 2. The maximum Gasteiger partial charge on any atom is 0.337 e. The molecule has 0 heterocycles. The van der Waals surface area contributed by atoms with Gasteiger partial charge in [0.1, 0.15) is 0 Å². The van der Waals surface area contributed by atoms with E-state index in [1.54, 1.807) is 6.07 Å². The maximum absolute atomic E-state index is 12.2. The molecule has 0 aromatic heterocycles. The van der Waals surface area contributed by atoms with Crippen molar-refractivity contribution >= 4 is 51.8 Å². The number of hydrogen-bond donors (Lipinski definition) is 2. The molecule has 0 fully saturated rings. The second kappa shape index (κ2) is 6.44. The predicted molar refractivity (Wildman–Crippen MR) is 90.3 cm³/mol. The molecule has 0 saturated carbocycles. The maximum atomic E-state index is 12.2. The fourth-order valence-corrected chi connectivity index (χ4v) is 2.65. The molecule has 6 heteroatoms. The second-order valence-electron chi connectivity index (χ2n) is 4.39. The molecule has 0 atom stereocenters. The number of aryl methyl sites for hydroxylation is 1. The summed E-state index contributed by atoms with van der Waals surface area (Å²) in [4.78, 5) is 23.1. The third kappa shape index (κ3) is 3.54. The van der Waals surface area contributed by atoms with Gasteiger partial charge in [-0.3, -0.25) is 4.79 Å². The molecule has 2 aromatic carbocycles. The quantitative estimate of drug-likeness (QED) is 0.738. The van der Waals surface area contributed by atoms with Crippen LogP contribution in [-0.2, 0) is 0 Å². The average molecular weight is 416 g/mol. The Bertz CT molecular complexity index is 731. The van der Waals surface area contributed by atoms with Crippen molar-refractivity contribution in [1.82, 2.24) is 0 Å². The molecule has 108 valence electrons. The number of hydrogen-bond acceptors (Lipinski definition) is 2. The first-order valence-electron chi connectivity index (χ1n) is 5.99. The highest BCUT2D eigenvalue weighted by Crippen LogP contribution is 2.23. The van der Waals surface area contributed by atoms with Gasteiger partial charge in [0.25, 0.3) is 5.91 Å². The lowest BCUT2D eigenvalue weighted by Crippen LogP contribution is -2.14. The summed E-state index contributed by atoms with van der Waals surface area (Å²) in [6.45, 7) is 1.93. The highest BCUT2D eigenvalue weighted by molar-refractivity contribution is 14.1. The summed E-state index contributed by atoms with van der Waals surface area (Å²) >= 11 is 8.00. The van der Waals surface area contributed by atoms with Gasteiger partial charge in [-0.15, -0.1) is 0 Å². The molecule has 0 aliphatic heterocycles. The van der Waals surface area contributed by atoms with Crippen LogP contribution >= 0.6 is 34.2 Å². The molecule has 2 aromatic rings. The van der Waals surface area contributed by atoms with Gasteiger partial charge in [0.2, 0.25) is 0 Å². The van der Waals surface area contributed by atoms with Crippen LogP contribution in [-0.4, -0.2) is 17.0 Å². The van der Waals surface area contributed by atoms with E-state index in [0.717, 1.165) is 9.13 Å². The van der Waals surface area contributed by atoms with Gasteiger partial charge in [-0.1, -0.05) is 23.7 Å². The minimum absolute atomic E-state index is 0.000184. The molecule has 0 aliphatic rings. The summed E-state index contributed by atoms with van der Waals surface area (Å²) in [5.41, 5.74) is 2.03.